The Morgan fingerprint density at radius 1 is 1.15 bits per heavy atom. The molecule has 0 aliphatic carbocycles. The smallest absolute Gasteiger partial charge is 0.334 e. The minimum absolute atomic E-state index is 0.139. The van der Waals surface area contributed by atoms with Gasteiger partial charge >= 0.3 is 5.97 Å². The van der Waals surface area contributed by atoms with Crippen molar-refractivity contribution in [1.29, 1.82) is 0 Å². The summed E-state index contributed by atoms with van der Waals surface area (Å²) in [5, 5.41) is 31.9. The lowest BCUT2D eigenvalue weighted by atomic mass is 10.4. The van der Waals surface area contributed by atoms with E-state index in [1.807, 2.05) is 0 Å². The van der Waals surface area contributed by atoms with E-state index < -0.39 is 24.1 Å². The lowest BCUT2D eigenvalue weighted by Gasteiger charge is -2.01. The number of rotatable bonds is 3. The fraction of sp³-hybridized carbons (Fsp3) is 0.833. The first kappa shape index (κ1) is 27.2. The van der Waals surface area contributed by atoms with Gasteiger partial charge < -0.3 is 29.9 Å². The highest BCUT2D eigenvalue weighted by molar-refractivity contribution is 5.73. The lowest BCUT2D eigenvalue weighted by Crippen LogP contribution is -2.18. The Kier molecular flexibility index (Phi) is 31.1. The highest BCUT2D eigenvalue weighted by Crippen LogP contribution is 1.84. The Labute approximate surface area is 119 Å². The first-order valence-electron chi connectivity index (χ1n) is 5.83. The van der Waals surface area contributed by atoms with Gasteiger partial charge in [-0.2, -0.15) is 0 Å². The number of aliphatic hydroxyl groups is 3. The first-order chi connectivity index (χ1) is 9.10. The van der Waals surface area contributed by atoms with Crippen molar-refractivity contribution in [3.05, 3.63) is 0 Å². The Bertz CT molecular complexity index is 200. The zero-order chi connectivity index (χ0) is 17.1. The van der Waals surface area contributed by atoms with Crippen molar-refractivity contribution >= 4 is 11.9 Å². The SMILES string of the molecule is CC(=O)O.CC(O)CO.CCOC(=O)C(C)O.COC. The standard InChI is InChI=1S/C5H10O3.C3H8O2.C2H4O2.C2H6O/c1-3-8-5(7)4(2)6;1-3(5)2-4;1-2(3)4;1-3-2/h4,6H,3H2,1-2H3;3-5H,2H2,1H3;1H3,(H,3,4);1-2H3. The Morgan fingerprint density at radius 2 is 1.40 bits per heavy atom. The summed E-state index contributed by atoms with van der Waals surface area (Å²) in [6.07, 6.45) is -1.55. The van der Waals surface area contributed by atoms with Gasteiger partial charge in [-0.05, 0) is 20.8 Å². The minimum Gasteiger partial charge on any atom is -0.481 e. The number of esters is 1. The molecular formula is C12H28O8. The summed E-state index contributed by atoms with van der Waals surface area (Å²) in [5.74, 6) is -1.40. The van der Waals surface area contributed by atoms with Crippen molar-refractivity contribution in [3.8, 4) is 0 Å². The number of ether oxygens (including phenoxy) is 2. The molecule has 4 N–H and O–H groups in total. The van der Waals surface area contributed by atoms with Crippen LogP contribution in [0.3, 0.4) is 0 Å². The van der Waals surface area contributed by atoms with E-state index in [2.05, 4.69) is 9.47 Å². The molecule has 8 heteroatoms. The van der Waals surface area contributed by atoms with Gasteiger partial charge in [-0.1, -0.05) is 0 Å². The number of carbonyl (C=O) groups is 2. The number of hydrogen-bond acceptors (Lipinski definition) is 7. The number of carboxylic acid groups (broad SMARTS) is 1. The summed E-state index contributed by atoms with van der Waals surface area (Å²) in [5.41, 5.74) is 0. The van der Waals surface area contributed by atoms with Gasteiger partial charge in [0.25, 0.3) is 5.97 Å². The van der Waals surface area contributed by atoms with Gasteiger partial charge in [0, 0.05) is 21.1 Å². The second-order valence-electron chi connectivity index (χ2n) is 3.39. The Hall–Kier alpha value is -1.22. The predicted molar refractivity (Wildman–Crippen MR) is 73.3 cm³/mol. The van der Waals surface area contributed by atoms with E-state index >= 15 is 0 Å². The molecule has 0 aliphatic heterocycles. The number of aliphatic hydroxyl groups excluding tert-OH is 3. The van der Waals surface area contributed by atoms with E-state index in [1.165, 1.54) is 13.8 Å². The molecule has 0 amide bonds. The maximum atomic E-state index is 10.3. The van der Waals surface area contributed by atoms with Crippen LogP contribution in [0.15, 0.2) is 0 Å². The van der Waals surface area contributed by atoms with Crippen LogP contribution in [-0.4, -0.2) is 72.0 Å². The van der Waals surface area contributed by atoms with Crippen molar-refractivity contribution in [2.45, 2.75) is 39.9 Å². The molecule has 20 heavy (non-hydrogen) atoms. The van der Waals surface area contributed by atoms with Crippen molar-refractivity contribution in [1.82, 2.24) is 0 Å². The van der Waals surface area contributed by atoms with Crippen LogP contribution in [0.4, 0.5) is 0 Å². The summed E-state index contributed by atoms with van der Waals surface area (Å²) >= 11 is 0. The van der Waals surface area contributed by atoms with E-state index in [0.717, 1.165) is 6.92 Å². The highest BCUT2D eigenvalue weighted by Gasteiger charge is 2.07. The molecule has 0 bridgehead atoms. The second-order valence-corrected chi connectivity index (χ2v) is 3.39. The second kappa shape index (κ2) is 22.9. The third-order valence-corrected chi connectivity index (χ3v) is 0.892. The number of aliphatic carboxylic acids is 1. The van der Waals surface area contributed by atoms with Gasteiger partial charge in [-0.15, -0.1) is 0 Å². The largest absolute Gasteiger partial charge is 0.481 e. The van der Waals surface area contributed by atoms with Crippen LogP contribution in [-0.2, 0) is 19.1 Å². The molecular weight excluding hydrogens is 272 g/mol. The number of carbonyl (C=O) groups excluding carboxylic acids is 1. The van der Waals surface area contributed by atoms with E-state index in [4.69, 9.17) is 25.2 Å². The molecule has 124 valence electrons. The van der Waals surface area contributed by atoms with Crippen LogP contribution in [0.5, 0.6) is 0 Å². The van der Waals surface area contributed by atoms with E-state index in [-0.39, 0.29) is 6.61 Å². The molecule has 0 aromatic carbocycles. The molecule has 0 radical (unpaired) electrons. The fourth-order valence-corrected chi connectivity index (χ4v) is 0.263. The maximum absolute atomic E-state index is 10.3. The number of carboxylic acids is 1. The van der Waals surface area contributed by atoms with Crippen molar-refractivity contribution in [3.63, 3.8) is 0 Å². The van der Waals surface area contributed by atoms with E-state index in [9.17, 15) is 4.79 Å². The first-order valence-corrected chi connectivity index (χ1v) is 5.83. The number of methoxy groups -OCH3 is 1. The number of hydrogen-bond donors (Lipinski definition) is 4. The maximum Gasteiger partial charge on any atom is 0.334 e. The molecule has 0 saturated carbocycles. The molecule has 8 nitrogen and oxygen atoms in total. The van der Waals surface area contributed by atoms with Crippen LogP contribution in [0.1, 0.15) is 27.7 Å². The molecule has 0 aliphatic rings. The summed E-state index contributed by atoms with van der Waals surface area (Å²) in [4.78, 5) is 19.3. The predicted octanol–water partition coefficient (Wildman–Crippen LogP) is -0.357. The molecule has 2 unspecified atom stereocenters. The summed E-state index contributed by atoms with van der Waals surface area (Å²) in [6.45, 7) is 5.86. The monoisotopic (exact) mass is 300 g/mol. The van der Waals surface area contributed by atoms with Crippen LogP contribution in [0.2, 0.25) is 0 Å². The van der Waals surface area contributed by atoms with Crippen LogP contribution in [0, 0.1) is 0 Å². The van der Waals surface area contributed by atoms with Crippen molar-refractivity contribution < 1.29 is 39.5 Å². The van der Waals surface area contributed by atoms with Gasteiger partial charge in [0.2, 0.25) is 0 Å². The zero-order valence-electron chi connectivity index (χ0n) is 13.0. The molecule has 0 rings (SSSR count). The Morgan fingerprint density at radius 3 is 1.45 bits per heavy atom. The Balaban J connectivity index is -0.0000000924. The molecule has 0 aromatic heterocycles. The van der Waals surface area contributed by atoms with Crippen LogP contribution >= 0.6 is 0 Å². The zero-order valence-corrected chi connectivity index (χ0v) is 13.0. The normalized spacial score (nSPS) is 11.1. The third kappa shape index (κ3) is 69.0. The quantitative estimate of drug-likeness (QED) is 0.519. The minimum atomic E-state index is -0.991. The molecule has 0 aromatic rings. The third-order valence-electron chi connectivity index (χ3n) is 0.892. The molecule has 0 saturated heterocycles. The summed E-state index contributed by atoms with van der Waals surface area (Å²) in [6, 6.07) is 0. The molecule has 2 atom stereocenters. The van der Waals surface area contributed by atoms with Crippen LogP contribution in [0.25, 0.3) is 0 Å². The van der Waals surface area contributed by atoms with Gasteiger partial charge in [0.15, 0.2) is 0 Å². The van der Waals surface area contributed by atoms with Gasteiger partial charge in [0.1, 0.15) is 6.10 Å². The average molecular weight is 300 g/mol. The highest BCUT2D eigenvalue weighted by atomic mass is 16.5. The van der Waals surface area contributed by atoms with E-state index in [0.29, 0.717) is 6.61 Å². The van der Waals surface area contributed by atoms with Gasteiger partial charge in [-0.25, -0.2) is 4.79 Å². The molecule has 0 spiro atoms. The van der Waals surface area contributed by atoms with Crippen molar-refractivity contribution in [2.24, 2.45) is 0 Å². The average Bonchev–Trinajstić information content (AvgIpc) is 2.30. The van der Waals surface area contributed by atoms with Gasteiger partial charge in [-0.3, -0.25) is 4.79 Å². The lowest BCUT2D eigenvalue weighted by molar-refractivity contribution is -0.151. The van der Waals surface area contributed by atoms with Crippen molar-refractivity contribution in [2.75, 3.05) is 27.4 Å². The summed E-state index contributed by atoms with van der Waals surface area (Å²) < 4.78 is 8.66. The van der Waals surface area contributed by atoms with Gasteiger partial charge in [0.05, 0.1) is 19.3 Å². The molecule has 0 fully saturated rings. The molecule has 0 heterocycles. The van der Waals surface area contributed by atoms with Crippen LogP contribution < -0.4 is 0 Å². The fourth-order valence-electron chi connectivity index (χ4n) is 0.263. The van der Waals surface area contributed by atoms with E-state index in [1.54, 1.807) is 21.1 Å². The topological polar surface area (TPSA) is 134 Å². The summed E-state index contributed by atoms with van der Waals surface area (Å²) in [7, 11) is 3.25.